The third kappa shape index (κ3) is 4.90. The molecule has 1 atom stereocenters. The van der Waals surface area contributed by atoms with E-state index in [9.17, 15) is 4.39 Å². The highest BCUT2D eigenvalue weighted by atomic mass is 79.9. The highest BCUT2D eigenvalue weighted by Gasteiger charge is 2.16. The molecule has 0 aliphatic rings. The van der Waals surface area contributed by atoms with Gasteiger partial charge in [0.05, 0.1) is 0 Å². The topological polar surface area (TPSA) is 12.0 Å². The minimum Gasteiger partial charge on any atom is -0.310 e. The smallest absolute Gasteiger partial charge is 0.128 e. The van der Waals surface area contributed by atoms with Gasteiger partial charge in [-0.05, 0) is 55.3 Å². The van der Waals surface area contributed by atoms with Crippen molar-refractivity contribution in [2.24, 2.45) is 0 Å². The molecule has 1 nitrogen and oxygen atoms in total. The van der Waals surface area contributed by atoms with Crippen LogP contribution >= 0.6 is 31.9 Å². The van der Waals surface area contributed by atoms with Crippen molar-refractivity contribution in [1.82, 2.24) is 5.32 Å². The fourth-order valence-corrected chi connectivity index (χ4v) is 2.89. The lowest BCUT2D eigenvalue weighted by atomic mass is 9.98. The van der Waals surface area contributed by atoms with Crippen LogP contribution in [-0.4, -0.2) is 6.54 Å². The molecule has 1 unspecified atom stereocenters. The van der Waals surface area contributed by atoms with Gasteiger partial charge in [-0.25, -0.2) is 4.39 Å². The van der Waals surface area contributed by atoms with E-state index in [4.69, 9.17) is 0 Å². The van der Waals surface area contributed by atoms with Crippen molar-refractivity contribution in [2.45, 2.75) is 25.8 Å². The minimum atomic E-state index is -0.163. The molecule has 0 amide bonds. The van der Waals surface area contributed by atoms with E-state index in [1.54, 1.807) is 6.07 Å². The molecular formula is C17H18Br2FN. The molecule has 2 aromatic rings. The number of hydrogen-bond donors (Lipinski definition) is 1. The van der Waals surface area contributed by atoms with Crippen molar-refractivity contribution < 1.29 is 4.39 Å². The van der Waals surface area contributed by atoms with Gasteiger partial charge in [0.1, 0.15) is 5.82 Å². The average Bonchev–Trinajstić information content (AvgIpc) is 2.48. The van der Waals surface area contributed by atoms with Crippen molar-refractivity contribution in [3.63, 3.8) is 0 Å². The van der Waals surface area contributed by atoms with Gasteiger partial charge in [0.15, 0.2) is 0 Å². The van der Waals surface area contributed by atoms with Crippen LogP contribution in [0.25, 0.3) is 0 Å². The lowest BCUT2D eigenvalue weighted by Gasteiger charge is -2.20. The molecule has 112 valence electrons. The van der Waals surface area contributed by atoms with Gasteiger partial charge in [0, 0.05) is 20.6 Å². The van der Waals surface area contributed by atoms with Gasteiger partial charge in [-0.15, -0.1) is 0 Å². The first kappa shape index (κ1) is 16.7. The van der Waals surface area contributed by atoms with Crippen LogP contribution < -0.4 is 5.32 Å². The van der Waals surface area contributed by atoms with Crippen molar-refractivity contribution in [2.75, 3.05) is 6.54 Å². The van der Waals surface area contributed by atoms with Gasteiger partial charge in [-0.3, -0.25) is 0 Å². The maximum atomic E-state index is 14.1. The fraction of sp³-hybridized carbons (Fsp3) is 0.294. The Morgan fingerprint density at radius 2 is 1.71 bits per heavy atom. The summed E-state index contributed by atoms with van der Waals surface area (Å²) >= 11 is 6.86. The first-order valence-electron chi connectivity index (χ1n) is 7.03. The van der Waals surface area contributed by atoms with Crippen LogP contribution in [0.1, 0.15) is 30.5 Å². The molecule has 21 heavy (non-hydrogen) atoms. The molecule has 0 aliphatic heterocycles. The number of halogens is 3. The number of hydrogen-bond acceptors (Lipinski definition) is 1. The van der Waals surface area contributed by atoms with Crippen LogP contribution in [-0.2, 0) is 6.42 Å². The molecule has 0 radical (unpaired) electrons. The molecule has 0 aliphatic carbocycles. The van der Waals surface area contributed by atoms with Crippen molar-refractivity contribution in [1.29, 1.82) is 0 Å². The first-order chi connectivity index (χ1) is 10.1. The van der Waals surface area contributed by atoms with E-state index in [1.807, 2.05) is 18.2 Å². The van der Waals surface area contributed by atoms with Gasteiger partial charge in [-0.2, -0.15) is 0 Å². The van der Waals surface area contributed by atoms with Crippen molar-refractivity contribution in [3.05, 3.63) is 68.4 Å². The number of benzene rings is 2. The summed E-state index contributed by atoms with van der Waals surface area (Å²) in [6, 6.07) is 13.3. The van der Waals surface area contributed by atoms with Crippen molar-refractivity contribution >= 4 is 31.9 Å². The quantitative estimate of drug-likeness (QED) is 0.645. The lowest BCUT2D eigenvalue weighted by molar-refractivity contribution is 0.497. The zero-order valence-corrected chi connectivity index (χ0v) is 15.0. The molecule has 0 spiro atoms. The standard InChI is InChI=1S/C17H18Br2FN/c1-2-9-21-17(10-12-3-5-13(18)6-4-12)15-11-14(19)7-8-16(15)20/h3-8,11,17,21H,2,9-10H2,1H3. The van der Waals surface area contributed by atoms with Gasteiger partial charge in [-0.1, -0.05) is 50.9 Å². The largest absolute Gasteiger partial charge is 0.310 e. The number of rotatable bonds is 6. The number of nitrogens with one attached hydrogen (secondary N) is 1. The molecule has 0 heterocycles. The highest BCUT2D eigenvalue weighted by Crippen LogP contribution is 2.25. The molecule has 2 aromatic carbocycles. The predicted octanol–water partition coefficient (Wildman–Crippen LogP) is 5.63. The Hall–Kier alpha value is -0.710. The second kappa shape index (κ2) is 8.06. The Balaban J connectivity index is 2.25. The van der Waals surface area contributed by atoms with E-state index in [1.165, 1.54) is 11.6 Å². The van der Waals surface area contributed by atoms with Crippen molar-refractivity contribution in [3.8, 4) is 0 Å². The van der Waals surface area contributed by atoms with Crippen LogP contribution in [0.2, 0.25) is 0 Å². The van der Waals surface area contributed by atoms with Crippen LogP contribution in [0.15, 0.2) is 51.4 Å². The van der Waals surface area contributed by atoms with Gasteiger partial charge in [0.25, 0.3) is 0 Å². The maximum Gasteiger partial charge on any atom is 0.128 e. The SMILES string of the molecule is CCCNC(Cc1ccc(Br)cc1)c1cc(Br)ccc1F. The van der Waals surface area contributed by atoms with Gasteiger partial charge < -0.3 is 5.32 Å². The molecule has 0 saturated carbocycles. The van der Waals surface area contributed by atoms with Crippen LogP contribution in [0.5, 0.6) is 0 Å². The second-order valence-corrected chi connectivity index (χ2v) is 6.83. The summed E-state index contributed by atoms with van der Waals surface area (Å²) in [7, 11) is 0. The normalized spacial score (nSPS) is 12.4. The molecular weight excluding hydrogens is 397 g/mol. The molecule has 4 heteroatoms. The van der Waals surface area contributed by atoms with Crippen LogP contribution in [0, 0.1) is 5.82 Å². The van der Waals surface area contributed by atoms with Crippen LogP contribution in [0.4, 0.5) is 4.39 Å². The van der Waals surface area contributed by atoms with Gasteiger partial charge in [0.2, 0.25) is 0 Å². The molecule has 0 bridgehead atoms. The zero-order chi connectivity index (χ0) is 15.2. The lowest BCUT2D eigenvalue weighted by Crippen LogP contribution is -2.25. The summed E-state index contributed by atoms with van der Waals surface area (Å²) in [6.45, 7) is 2.98. The second-order valence-electron chi connectivity index (χ2n) is 5.00. The highest BCUT2D eigenvalue weighted by molar-refractivity contribution is 9.10. The molecule has 1 N–H and O–H groups in total. The summed E-state index contributed by atoms with van der Waals surface area (Å²) in [5.41, 5.74) is 1.90. The molecule has 2 rings (SSSR count). The first-order valence-corrected chi connectivity index (χ1v) is 8.61. The third-order valence-electron chi connectivity index (χ3n) is 3.33. The van der Waals surface area contributed by atoms with E-state index in [2.05, 4.69) is 56.2 Å². The van der Waals surface area contributed by atoms with E-state index in [0.717, 1.165) is 28.3 Å². The molecule has 0 fully saturated rings. The third-order valence-corrected chi connectivity index (χ3v) is 4.35. The Kier molecular flexibility index (Phi) is 6.40. The Labute approximate surface area is 142 Å². The summed E-state index contributed by atoms with van der Waals surface area (Å²) in [5.74, 6) is -0.163. The fourth-order valence-electron chi connectivity index (χ4n) is 2.25. The van der Waals surface area contributed by atoms with E-state index >= 15 is 0 Å². The van der Waals surface area contributed by atoms with E-state index in [0.29, 0.717) is 5.56 Å². The Bertz CT molecular complexity index is 584. The maximum absolute atomic E-state index is 14.1. The summed E-state index contributed by atoms with van der Waals surface area (Å²) < 4.78 is 16.1. The van der Waals surface area contributed by atoms with Crippen LogP contribution in [0.3, 0.4) is 0 Å². The van der Waals surface area contributed by atoms with E-state index < -0.39 is 0 Å². The Morgan fingerprint density at radius 1 is 1.05 bits per heavy atom. The summed E-state index contributed by atoms with van der Waals surface area (Å²) in [4.78, 5) is 0. The van der Waals surface area contributed by atoms with Gasteiger partial charge >= 0.3 is 0 Å². The minimum absolute atomic E-state index is 0.0244. The average molecular weight is 415 g/mol. The zero-order valence-electron chi connectivity index (χ0n) is 11.9. The summed E-state index contributed by atoms with van der Waals surface area (Å²) in [6.07, 6.45) is 1.78. The van der Waals surface area contributed by atoms with E-state index in [-0.39, 0.29) is 11.9 Å². The molecule has 0 aromatic heterocycles. The summed E-state index contributed by atoms with van der Waals surface area (Å²) in [5, 5.41) is 3.44. The Morgan fingerprint density at radius 3 is 2.38 bits per heavy atom. The molecule has 0 saturated heterocycles. The predicted molar refractivity (Wildman–Crippen MR) is 93.0 cm³/mol. The monoisotopic (exact) mass is 413 g/mol.